The number of nitrogens with zero attached hydrogens (tertiary/aromatic N) is 5. The molecule has 0 atom stereocenters. The van der Waals surface area contributed by atoms with E-state index in [1.807, 2.05) is 37.4 Å². The molecule has 30 heavy (non-hydrogen) atoms. The van der Waals surface area contributed by atoms with Crippen LogP contribution in [-0.2, 0) is 0 Å². The van der Waals surface area contributed by atoms with Crippen molar-refractivity contribution >= 4 is 46.7 Å². The van der Waals surface area contributed by atoms with Crippen LogP contribution in [0.15, 0.2) is 65.9 Å². The van der Waals surface area contributed by atoms with Crippen molar-refractivity contribution in [2.24, 2.45) is 4.99 Å². The lowest BCUT2D eigenvalue weighted by molar-refractivity contribution is 0.318. The van der Waals surface area contributed by atoms with Gasteiger partial charge in [-0.1, -0.05) is 36.4 Å². The molecule has 0 unspecified atom stereocenters. The number of fused-ring (bicyclic) bond motifs is 1. The topological polar surface area (TPSA) is 65.9 Å². The number of halogens is 1. The summed E-state index contributed by atoms with van der Waals surface area (Å²) in [5, 5.41) is 5.74. The van der Waals surface area contributed by atoms with Crippen molar-refractivity contribution in [2.45, 2.75) is 0 Å². The molecule has 0 amide bonds. The maximum Gasteiger partial charge on any atom is 0.225 e. The van der Waals surface area contributed by atoms with E-state index in [0.29, 0.717) is 13.2 Å². The Morgan fingerprint density at radius 1 is 1.00 bits per heavy atom. The molecule has 3 aromatic rings. The molecule has 1 aliphatic rings. The third-order valence-corrected chi connectivity index (χ3v) is 5.02. The summed E-state index contributed by atoms with van der Waals surface area (Å²) < 4.78 is 6.02. The van der Waals surface area contributed by atoms with E-state index in [9.17, 15) is 0 Å². The summed E-state index contributed by atoms with van der Waals surface area (Å²) in [6, 6.07) is 16.3. The van der Waals surface area contributed by atoms with Crippen LogP contribution < -0.4 is 15.0 Å². The van der Waals surface area contributed by atoms with Gasteiger partial charge in [0.2, 0.25) is 5.95 Å². The Labute approximate surface area is 194 Å². The van der Waals surface area contributed by atoms with Gasteiger partial charge in [-0.3, -0.25) is 4.99 Å². The molecule has 0 bridgehead atoms. The highest BCUT2D eigenvalue weighted by atomic mass is 127. The number of anilines is 1. The van der Waals surface area contributed by atoms with Crippen LogP contribution in [0, 0.1) is 0 Å². The lowest BCUT2D eigenvalue weighted by atomic mass is 10.1. The Morgan fingerprint density at radius 2 is 1.73 bits per heavy atom. The van der Waals surface area contributed by atoms with Crippen molar-refractivity contribution in [3.05, 3.63) is 60.9 Å². The highest BCUT2D eigenvalue weighted by Crippen LogP contribution is 2.24. The zero-order valence-corrected chi connectivity index (χ0v) is 19.4. The molecule has 8 heteroatoms. The summed E-state index contributed by atoms with van der Waals surface area (Å²) in [4.78, 5) is 17.6. The van der Waals surface area contributed by atoms with Crippen molar-refractivity contribution in [2.75, 3.05) is 51.3 Å². The molecule has 1 fully saturated rings. The normalized spacial score (nSPS) is 14.4. The van der Waals surface area contributed by atoms with Crippen LogP contribution in [0.1, 0.15) is 0 Å². The van der Waals surface area contributed by atoms with Crippen LogP contribution in [0.2, 0.25) is 0 Å². The molecule has 7 nitrogen and oxygen atoms in total. The molecule has 0 saturated carbocycles. The largest absolute Gasteiger partial charge is 0.491 e. The number of benzene rings is 2. The number of guanidine groups is 1. The summed E-state index contributed by atoms with van der Waals surface area (Å²) in [6.45, 7) is 4.77. The van der Waals surface area contributed by atoms with Gasteiger partial charge in [0.25, 0.3) is 0 Å². The number of aliphatic imine (C=N–C) groups is 1. The van der Waals surface area contributed by atoms with Gasteiger partial charge in [-0.15, -0.1) is 24.0 Å². The molecule has 2 aromatic carbocycles. The van der Waals surface area contributed by atoms with E-state index in [2.05, 4.69) is 48.3 Å². The molecule has 1 N–H and O–H groups in total. The first kappa shape index (κ1) is 22.1. The number of nitrogens with one attached hydrogen (secondary N) is 1. The number of hydrogen-bond acceptors (Lipinski definition) is 5. The van der Waals surface area contributed by atoms with Crippen LogP contribution >= 0.6 is 24.0 Å². The second-order valence-electron chi connectivity index (χ2n) is 6.82. The van der Waals surface area contributed by atoms with Gasteiger partial charge in [-0.2, -0.15) is 0 Å². The van der Waals surface area contributed by atoms with Crippen LogP contribution in [0.5, 0.6) is 5.75 Å². The van der Waals surface area contributed by atoms with Gasteiger partial charge in [0.15, 0.2) is 5.96 Å². The highest BCUT2D eigenvalue weighted by Gasteiger charge is 2.20. The Hall–Kier alpha value is -2.62. The van der Waals surface area contributed by atoms with Crippen LogP contribution in [-0.4, -0.2) is 67.2 Å². The number of piperazine rings is 1. The van der Waals surface area contributed by atoms with E-state index >= 15 is 0 Å². The summed E-state index contributed by atoms with van der Waals surface area (Å²) >= 11 is 0. The molecule has 0 radical (unpaired) electrons. The predicted octanol–water partition coefficient (Wildman–Crippen LogP) is 3.02. The Morgan fingerprint density at radius 3 is 2.50 bits per heavy atom. The number of aromatic nitrogens is 2. The third kappa shape index (κ3) is 5.29. The summed E-state index contributed by atoms with van der Waals surface area (Å²) in [5.74, 6) is 2.61. The standard InChI is InChI=1S/C22H26N6O.HI/c1-23-21(27-13-15-28(16-14-27)22-24-10-5-11-25-22)26-12-17-29-20-9-4-7-18-6-2-3-8-19(18)20;/h2-11H,12-17H2,1H3,(H,23,26);1H. The summed E-state index contributed by atoms with van der Waals surface area (Å²) in [7, 11) is 1.82. The van der Waals surface area contributed by atoms with Crippen molar-refractivity contribution in [1.82, 2.24) is 20.2 Å². The highest BCUT2D eigenvalue weighted by molar-refractivity contribution is 14.0. The fraction of sp³-hybridized carbons (Fsp3) is 0.318. The molecule has 4 rings (SSSR count). The molecule has 2 heterocycles. The monoisotopic (exact) mass is 518 g/mol. The lowest BCUT2D eigenvalue weighted by Crippen LogP contribution is -2.53. The molecule has 158 valence electrons. The quantitative estimate of drug-likeness (QED) is 0.243. The Bertz CT molecular complexity index is 955. The fourth-order valence-electron chi connectivity index (χ4n) is 3.55. The molecule has 0 spiro atoms. The van der Waals surface area contributed by atoms with E-state index in [1.54, 1.807) is 12.4 Å². The fourth-order valence-corrected chi connectivity index (χ4v) is 3.55. The van der Waals surface area contributed by atoms with E-state index in [1.165, 1.54) is 5.39 Å². The zero-order valence-electron chi connectivity index (χ0n) is 17.1. The minimum atomic E-state index is 0. The molecule has 0 aliphatic carbocycles. The van der Waals surface area contributed by atoms with Gasteiger partial charge in [-0.25, -0.2) is 9.97 Å². The summed E-state index contributed by atoms with van der Waals surface area (Å²) in [6.07, 6.45) is 3.57. The average molecular weight is 518 g/mol. The van der Waals surface area contributed by atoms with Crippen molar-refractivity contribution in [3.8, 4) is 5.75 Å². The first-order valence-corrected chi connectivity index (χ1v) is 9.93. The minimum absolute atomic E-state index is 0. The van der Waals surface area contributed by atoms with Crippen molar-refractivity contribution in [1.29, 1.82) is 0 Å². The summed E-state index contributed by atoms with van der Waals surface area (Å²) in [5.41, 5.74) is 0. The van der Waals surface area contributed by atoms with Crippen molar-refractivity contribution < 1.29 is 4.74 Å². The third-order valence-electron chi connectivity index (χ3n) is 5.02. The molecular formula is C22H27IN6O. The van der Waals surface area contributed by atoms with Gasteiger partial charge >= 0.3 is 0 Å². The number of ether oxygens (including phenoxy) is 1. The SMILES string of the molecule is CN=C(NCCOc1cccc2ccccc12)N1CCN(c2ncccn2)CC1.I. The Balaban J connectivity index is 0.00000256. The maximum atomic E-state index is 6.02. The average Bonchev–Trinajstić information content (AvgIpc) is 2.80. The maximum absolute atomic E-state index is 6.02. The van der Waals surface area contributed by atoms with E-state index in [0.717, 1.165) is 49.2 Å². The van der Waals surface area contributed by atoms with Gasteiger partial charge in [0.05, 0.1) is 6.54 Å². The first-order valence-electron chi connectivity index (χ1n) is 9.93. The second-order valence-corrected chi connectivity index (χ2v) is 6.82. The van der Waals surface area contributed by atoms with Gasteiger partial charge in [0.1, 0.15) is 12.4 Å². The second kappa shape index (κ2) is 11.0. The van der Waals surface area contributed by atoms with E-state index in [4.69, 9.17) is 4.74 Å². The predicted molar refractivity (Wildman–Crippen MR) is 132 cm³/mol. The number of rotatable bonds is 5. The van der Waals surface area contributed by atoms with Gasteiger partial charge in [-0.05, 0) is 17.5 Å². The van der Waals surface area contributed by atoms with Gasteiger partial charge < -0.3 is 19.9 Å². The van der Waals surface area contributed by atoms with Crippen molar-refractivity contribution in [3.63, 3.8) is 0 Å². The number of hydrogen-bond donors (Lipinski definition) is 1. The molecule has 1 saturated heterocycles. The molecular weight excluding hydrogens is 491 g/mol. The van der Waals surface area contributed by atoms with Crippen LogP contribution in [0.3, 0.4) is 0 Å². The Kier molecular flexibility index (Phi) is 8.06. The van der Waals surface area contributed by atoms with E-state index in [-0.39, 0.29) is 24.0 Å². The molecule has 1 aromatic heterocycles. The zero-order chi connectivity index (χ0) is 19.9. The van der Waals surface area contributed by atoms with Crippen LogP contribution in [0.4, 0.5) is 5.95 Å². The van der Waals surface area contributed by atoms with E-state index < -0.39 is 0 Å². The lowest BCUT2D eigenvalue weighted by Gasteiger charge is -2.36. The molecule has 1 aliphatic heterocycles. The van der Waals surface area contributed by atoms with Crippen LogP contribution in [0.25, 0.3) is 10.8 Å². The minimum Gasteiger partial charge on any atom is -0.491 e. The van der Waals surface area contributed by atoms with Gasteiger partial charge in [0, 0.05) is 51.0 Å². The smallest absolute Gasteiger partial charge is 0.225 e. The first-order chi connectivity index (χ1) is 14.3.